The molecule has 0 fully saturated rings. The van der Waals surface area contributed by atoms with Crippen molar-refractivity contribution >= 4 is 29.0 Å². The second-order valence-electron chi connectivity index (χ2n) is 8.43. The van der Waals surface area contributed by atoms with Gasteiger partial charge in [-0.1, -0.05) is 60.7 Å². The average Bonchev–Trinajstić information content (AvgIpc) is 2.73. The molecule has 0 bridgehead atoms. The largest absolute Gasteiger partial charge is 0.298 e. The molecule has 4 rings (SSSR count). The van der Waals surface area contributed by atoms with E-state index < -0.39 is 0 Å². The molecule has 0 spiro atoms. The van der Waals surface area contributed by atoms with Crippen LogP contribution in [0.15, 0.2) is 66.7 Å². The molecule has 3 aromatic carbocycles. The average molecular weight is 423 g/mol. The topological polar surface area (TPSA) is 32.3 Å². The van der Waals surface area contributed by atoms with Crippen molar-refractivity contribution in [3.05, 3.63) is 83.4 Å². The number of ketones is 1. The minimum atomic E-state index is -0.269. The molecular weight excluding hydrogens is 392 g/mol. The van der Waals surface area contributed by atoms with E-state index in [1.54, 1.807) is 6.92 Å². The highest BCUT2D eigenvalue weighted by atomic mass is 35.5. The normalized spacial score (nSPS) is 16.7. The Morgan fingerprint density at radius 2 is 1.73 bits per heavy atom. The number of carbonyl (C=O) groups is 1. The summed E-state index contributed by atoms with van der Waals surface area (Å²) in [6, 6.07) is 23.1. The molecule has 3 nitrogen and oxygen atoms in total. The van der Waals surface area contributed by atoms with Crippen LogP contribution in [0.3, 0.4) is 0 Å². The smallest absolute Gasteiger partial charge is 0.151 e. The first-order valence-corrected chi connectivity index (χ1v) is 10.6. The SMILES string of the molecule is CC(=O)C(NCN(C)CC1CCc2ccccc2C1)c1ccc2ccccc2c1.Cl. The minimum absolute atomic E-state index is 0. The molecule has 1 N–H and O–H groups in total. The molecule has 0 heterocycles. The van der Waals surface area contributed by atoms with E-state index >= 15 is 0 Å². The van der Waals surface area contributed by atoms with Crippen molar-refractivity contribution in [1.82, 2.24) is 10.2 Å². The van der Waals surface area contributed by atoms with Crippen LogP contribution in [0.1, 0.15) is 36.1 Å². The summed E-state index contributed by atoms with van der Waals surface area (Å²) in [5.74, 6) is 0.827. The third-order valence-electron chi connectivity index (χ3n) is 6.10. The molecule has 1 aliphatic rings. The van der Waals surface area contributed by atoms with Gasteiger partial charge in [-0.2, -0.15) is 0 Å². The summed E-state index contributed by atoms with van der Waals surface area (Å²) < 4.78 is 0. The Bertz CT molecular complexity index is 1000. The molecular formula is C26H31ClN2O. The number of aryl methyl sites for hydroxylation is 1. The first-order valence-electron chi connectivity index (χ1n) is 10.6. The maximum Gasteiger partial charge on any atom is 0.151 e. The number of halogens is 1. The van der Waals surface area contributed by atoms with Crippen LogP contribution in [-0.2, 0) is 17.6 Å². The van der Waals surface area contributed by atoms with E-state index in [9.17, 15) is 4.79 Å². The summed E-state index contributed by atoms with van der Waals surface area (Å²) in [6.07, 6.45) is 3.57. The van der Waals surface area contributed by atoms with Gasteiger partial charge in [-0.3, -0.25) is 15.0 Å². The first kappa shape index (κ1) is 22.5. The van der Waals surface area contributed by atoms with Crippen LogP contribution in [-0.4, -0.2) is 30.9 Å². The predicted octanol–water partition coefficient (Wildman–Crippen LogP) is 5.18. The van der Waals surface area contributed by atoms with Crippen LogP contribution < -0.4 is 5.32 Å². The second-order valence-corrected chi connectivity index (χ2v) is 8.43. The lowest BCUT2D eigenvalue weighted by molar-refractivity contribution is -0.119. The minimum Gasteiger partial charge on any atom is -0.298 e. The number of rotatable bonds is 7. The van der Waals surface area contributed by atoms with Crippen LogP contribution >= 0.6 is 12.4 Å². The van der Waals surface area contributed by atoms with Crippen molar-refractivity contribution in [3.63, 3.8) is 0 Å². The molecule has 0 saturated carbocycles. The van der Waals surface area contributed by atoms with Crippen LogP contribution in [0.25, 0.3) is 10.8 Å². The van der Waals surface area contributed by atoms with Gasteiger partial charge in [0.1, 0.15) is 0 Å². The highest BCUT2D eigenvalue weighted by Crippen LogP contribution is 2.26. The summed E-state index contributed by atoms with van der Waals surface area (Å²) in [7, 11) is 2.14. The fraction of sp³-hybridized carbons (Fsp3) is 0.346. The molecule has 1 aliphatic carbocycles. The van der Waals surface area contributed by atoms with Gasteiger partial charge in [0.25, 0.3) is 0 Å². The molecule has 3 aromatic rings. The van der Waals surface area contributed by atoms with Crippen LogP contribution in [0, 0.1) is 5.92 Å². The Morgan fingerprint density at radius 1 is 1.03 bits per heavy atom. The lowest BCUT2D eigenvalue weighted by Gasteiger charge is -2.29. The highest BCUT2D eigenvalue weighted by Gasteiger charge is 2.21. The molecule has 0 saturated heterocycles. The van der Waals surface area contributed by atoms with Crippen molar-refractivity contribution in [2.24, 2.45) is 5.92 Å². The Balaban J connectivity index is 0.00000256. The van der Waals surface area contributed by atoms with Crippen LogP contribution in [0.4, 0.5) is 0 Å². The van der Waals surface area contributed by atoms with Gasteiger partial charge in [-0.15, -0.1) is 12.4 Å². The van der Waals surface area contributed by atoms with Crippen molar-refractivity contribution in [2.75, 3.05) is 20.3 Å². The Kier molecular flexibility index (Phi) is 7.65. The molecule has 2 unspecified atom stereocenters. The van der Waals surface area contributed by atoms with Crippen LogP contribution in [0.2, 0.25) is 0 Å². The van der Waals surface area contributed by atoms with Gasteiger partial charge < -0.3 is 0 Å². The maximum absolute atomic E-state index is 12.3. The standard InChI is InChI=1S/C26H30N2O.ClH/c1-19(29)26(25-14-13-22-8-4-6-10-24(22)16-25)27-18-28(2)17-20-11-12-21-7-3-5-9-23(21)15-20;/h3-10,13-14,16,20,26-27H,11-12,15,17-18H2,1-2H3;1H. The number of fused-ring (bicyclic) bond motifs is 2. The summed E-state index contributed by atoms with van der Waals surface area (Å²) in [4.78, 5) is 14.7. The Hall–Kier alpha value is -2.20. The maximum atomic E-state index is 12.3. The van der Waals surface area contributed by atoms with Crippen molar-refractivity contribution in [2.45, 2.75) is 32.2 Å². The quantitative estimate of drug-likeness (QED) is 0.532. The highest BCUT2D eigenvalue weighted by molar-refractivity contribution is 5.87. The molecule has 0 radical (unpaired) electrons. The lowest BCUT2D eigenvalue weighted by Crippen LogP contribution is -2.39. The third kappa shape index (κ3) is 5.28. The molecule has 0 amide bonds. The van der Waals surface area contributed by atoms with E-state index in [0.29, 0.717) is 12.6 Å². The molecule has 30 heavy (non-hydrogen) atoms. The fourth-order valence-corrected chi connectivity index (χ4v) is 4.57. The van der Waals surface area contributed by atoms with E-state index in [1.165, 1.54) is 34.7 Å². The number of nitrogens with one attached hydrogen (secondary N) is 1. The zero-order valence-electron chi connectivity index (χ0n) is 17.8. The number of hydrogen-bond acceptors (Lipinski definition) is 3. The summed E-state index contributed by atoms with van der Waals surface area (Å²) in [6.45, 7) is 3.42. The van der Waals surface area contributed by atoms with Crippen molar-refractivity contribution in [1.29, 1.82) is 0 Å². The van der Waals surface area contributed by atoms with Gasteiger partial charge in [0.2, 0.25) is 0 Å². The van der Waals surface area contributed by atoms with Crippen molar-refractivity contribution in [3.8, 4) is 0 Å². The molecule has 0 aliphatic heterocycles. The Labute approximate surface area is 185 Å². The number of nitrogens with zero attached hydrogens (tertiary/aromatic N) is 1. The van der Waals surface area contributed by atoms with Gasteiger partial charge in [-0.25, -0.2) is 0 Å². The van der Waals surface area contributed by atoms with Gasteiger partial charge in [0.05, 0.1) is 6.04 Å². The first-order chi connectivity index (χ1) is 14.1. The van der Waals surface area contributed by atoms with Crippen LogP contribution in [0.5, 0.6) is 0 Å². The van der Waals surface area contributed by atoms with Gasteiger partial charge in [-0.05, 0) is 72.7 Å². The zero-order chi connectivity index (χ0) is 20.2. The molecule has 158 valence electrons. The molecule has 0 aromatic heterocycles. The molecule has 2 atom stereocenters. The number of Topliss-reactive ketones (excluding diaryl/α,β-unsaturated/α-hetero) is 1. The number of benzene rings is 3. The van der Waals surface area contributed by atoms with Gasteiger partial charge in [0, 0.05) is 13.2 Å². The van der Waals surface area contributed by atoms with E-state index in [0.717, 1.165) is 18.5 Å². The van der Waals surface area contributed by atoms with E-state index in [-0.39, 0.29) is 24.2 Å². The lowest BCUT2D eigenvalue weighted by atomic mass is 9.84. The van der Waals surface area contributed by atoms with Gasteiger partial charge >= 0.3 is 0 Å². The van der Waals surface area contributed by atoms with E-state index in [4.69, 9.17) is 0 Å². The van der Waals surface area contributed by atoms with E-state index in [2.05, 4.69) is 71.9 Å². The second kappa shape index (κ2) is 10.2. The Morgan fingerprint density at radius 3 is 2.50 bits per heavy atom. The fourth-order valence-electron chi connectivity index (χ4n) is 4.57. The van der Waals surface area contributed by atoms with Crippen molar-refractivity contribution < 1.29 is 4.79 Å². The predicted molar refractivity (Wildman–Crippen MR) is 127 cm³/mol. The summed E-state index contributed by atoms with van der Waals surface area (Å²) in [5.41, 5.74) is 4.05. The monoisotopic (exact) mass is 422 g/mol. The summed E-state index contributed by atoms with van der Waals surface area (Å²) >= 11 is 0. The third-order valence-corrected chi connectivity index (χ3v) is 6.10. The number of hydrogen-bond donors (Lipinski definition) is 1. The van der Waals surface area contributed by atoms with E-state index in [1.807, 2.05) is 12.1 Å². The zero-order valence-corrected chi connectivity index (χ0v) is 18.6. The summed E-state index contributed by atoms with van der Waals surface area (Å²) in [5, 5.41) is 5.86. The molecule has 4 heteroatoms. The number of carbonyl (C=O) groups excluding carboxylic acids is 1. The van der Waals surface area contributed by atoms with Gasteiger partial charge in [0.15, 0.2) is 5.78 Å².